The summed E-state index contributed by atoms with van der Waals surface area (Å²) in [6.45, 7) is 0. The SMILES string of the molecule is COC(=O)c1ncnc(N)c1-c1ccc(Cl)cc1. The van der Waals surface area contributed by atoms with E-state index in [1.165, 1.54) is 13.4 Å². The summed E-state index contributed by atoms with van der Waals surface area (Å²) < 4.78 is 4.67. The summed E-state index contributed by atoms with van der Waals surface area (Å²) in [6.07, 6.45) is 1.22. The van der Waals surface area contributed by atoms with E-state index in [-0.39, 0.29) is 11.5 Å². The van der Waals surface area contributed by atoms with Crippen molar-refractivity contribution >= 4 is 23.4 Å². The van der Waals surface area contributed by atoms with E-state index in [1.807, 2.05) is 0 Å². The number of rotatable bonds is 2. The molecule has 0 saturated heterocycles. The van der Waals surface area contributed by atoms with Crippen LogP contribution < -0.4 is 5.73 Å². The molecule has 0 aliphatic carbocycles. The molecule has 2 N–H and O–H groups in total. The molecular formula is C12H10ClN3O2. The summed E-state index contributed by atoms with van der Waals surface area (Å²) in [6, 6.07) is 6.88. The van der Waals surface area contributed by atoms with E-state index in [4.69, 9.17) is 17.3 Å². The zero-order valence-electron chi connectivity index (χ0n) is 9.55. The summed E-state index contributed by atoms with van der Waals surface area (Å²) >= 11 is 5.81. The highest BCUT2D eigenvalue weighted by Crippen LogP contribution is 2.28. The third-order valence-corrected chi connectivity index (χ3v) is 2.64. The predicted octanol–water partition coefficient (Wildman–Crippen LogP) is 2.17. The van der Waals surface area contributed by atoms with E-state index < -0.39 is 5.97 Å². The van der Waals surface area contributed by atoms with Crippen LogP contribution in [0.1, 0.15) is 10.5 Å². The molecule has 2 rings (SSSR count). The number of nitrogen functional groups attached to an aromatic ring is 1. The van der Waals surface area contributed by atoms with Gasteiger partial charge in [0.1, 0.15) is 12.1 Å². The number of aromatic nitrogens is 2. The van der Waals surface area contributed by atoms with Crippen LogP contribution in [0.15, 0.2) is 30.6 Å². The predicted molar refractivity (Wildman–Crippen MR) is 68.2 cm³/mol. The highest BCUT2D eigenvalue weighted by molar-refractivity contribution is 6.30. The van der Waals surface area contributed by atoms with E-state index in [1.54, 1.807) is 24.3 Å². The average molecular weight is 264 g/mol. The largest absolute Gasteiger partial charge is 0.464 e. The van der Waals surface area contributed by atoms with Crippen molar-refractivity contribution in [1.29, 1.82) is 0 Å². The topological polar surface area (TPSA) is 78.1 Å². The van der Waals surface area contributed by atoms with Crippen molar-refractivity contribution in [2.24, 2.45) is 0 Å². The number of benzene rings is 1. The van der Waals surface area contributed by atoms with Crippen molar-refractivity contribution in [3.8, 4) is 11.1 Å². The van der Waals surface area contributed by atoms with Gasteiger partial charge in [-0.15, -0.1) is 0 Å². The Morgan fingerprint density at radius 3 is 2.56 bits per heavy atom. The number of esters is 1. The number of carbonyl (C=O) groups excluding carboxylic acids is 1. The van der Waals surface area contributed by atoms with Gasteiger partial charge in [0.2, 0.25) is 0 Å². The Hall–Kier alpha value is -2.14. The van der Waals surface area contributed by atoms with Gasteiger partial charge in [-0.05, 0) is 17.7 Å². The zero-order valence-corrected chi connectivity index (χ0v) is 10.3. The fraction of sp³-hybridized carbons (Fsp3) is 0.0833. The lowest BCUT2D eigenvalue weighted by Crippen LogP contribution is -2.09. The Kier molecular flexibility index (Phi) is 3.43. The number of nitrogens with zero attached hydrogens (tertiary/aromatic N) is 2. The first-order valence-electron chi connectivity index (χ1n) is 5.08. The minimum atomic E-state index is -0.561. The molecule has 2 aromatic rings. The Bertz CT molecular complexity index is 584. The van der Waals surface area contributed by atoms with Crippen LogP contribution in [-0.4, -0.2) is 23.0 Å². The molecule has 0 amide bonds. The average Bonchev–Trinajstić information content (AvgIpc) is 2.39. The Balaban J connectivity index is 2.62. The molecule has 0 fully saturated rings. The van der Waals surface area contributed by atoms with E-state index in [0.717, 1.165) is 0 Å². The van der Waals surface area contributed by atoms with Gasteiger partial charge >= 0.3 is 5.97 Å². The Morgan fingerprint density at radius 2 is 1.94 bits per heavy atom. The third kappa shape index (κ3) is 2.26. The summed E-state index contributed by atoms with van der Waals surface area (Å²) in [5.41, 5.74) is 7.08. The molecule has 0 aliphatic heterocycles. The van der Waals surface area contributed by atoms with Gasteiger partial charge < -0.3 is 10.5 Å². The smallest absolute Gasteiger partial charge is 0.357 e. The van der Waals surface area contributed by atoms with Crippen LogP contribution in [0.2, 0.25) is 5.02 Å². The molecule has 1 aromatic carbocycles. The van der Waals surface area contributed by atoms with E-state index in [0.29, 0.717) is 16.1 Å². The molecule has 18 heavy (non-hydrogen) atoms. The molecule has 92 valence electrons. The van der Waals surface area contributed by atoms with Crippen molar-refractivity contribution in [1.82, 2.24) is 9.97 Å². The van der Waals surface area contributed by atoms with Crippen molar-refractivity contribution in [3.05, 3.63) is 41.3 Å². The molecule has 1 aromatic heterocycles. The molecule has 0 spiro atoms. The first-order valence-corrected chi connectivity index (χ1v) is 5.46. The Labute approximate surface area is 109 Å². The van der Waals surface area contributed by atoms with Crippen molar-refractivity contribution < 1.29 is 9.53 Å². The molecular weight excluding hydrogens is 254 g/mol. The standard InChI is InChI=1S/C12H10ClN3O2/c1-18-12(17)10-9(11(14)16-6-15-10)7-2-4-8(13)5-3-7/h2-6H,1H3,(H2,14,15,16). The first-order chi connectivity index (χ1) is 8.63. The van der Waals surface area contributed by atoms with Gasteiger partial charge in [0.25, 0.3) is 0 Å². The Morgan fingerprint density at radius 1 is 1.28 bits per heavy atom. The number of halogens is 1. The van der Waals surface area contributed by atoms with Crippen LogP contribution >= 0.6 is 11.6 Å². The highest BCUT2D eigenvalue weighted by Gasteiger charge is 2.18. The zero-order chi connectivity index (χ0) is 13.1. The van der Waals surface area contributed by atoms with Crippen LogP contribution in [0.3, 0.4) is 0 Å². The third-order valence-electron chi connectivity index (χ3n) is 2.39. The van der Waals surface area contributed by atoms with Crippen LogP contribution in [0, 0.1) is 0 Å². The second-order valence-electron chi connectivity index (χ2n) is 3.48. The molecule has 6 heteroatoms. The second-order valence-corrected chi connectivity index (χ2v) is 3.92. The van der Waals surface area contributed by atoms with Gasteiger partial charge in [-0.1, -0.05) is 23.7 Å². The van der Waals surface area contributed by atoms with Gasteiger partial charge in [-0.25, -0.2) is 14.8 Å². The van der Waals surface area contributed by atoms with Crippen molar-refractivity contribution in [2.45, 2.75) is 0 Å². The molecule has 0 radical (unpaired) electrons. The van der Waals surface area contributed by atoms with Crippen LogP contribution in [0.5, 0.6) is 0 Å². The van der Waals surface area contributed by atoms with Crippen LogP contribution in [0.25, 0.3) is 11.1 Å². The molecule has 0 aliphatic rings. The fourth-order valence-electron chi connectivity index (χ4n) is 1.55. The lowest BCUT2D eigenvalue weighted by atomic mass is 10.0. The van der Waals surface area contributed by atoms with Crippen LogP contribution in [-0.2, 0) is 4.74 Å². The van der Waals surface area contributed by atoms with Crippen molar-refractivity contribution in [2.75, 3.05) is 12.8 Å². The monoisotopic (exact) mass is 263 g/mol. The number of nitrogens with two attached hydrogens (primary N) is 1. The molecule has 0 unspecified atom stereocenters. The normalized spacial score (nSPS) is 10.1. The maximum Gasteiger partial charge on any atom is 0.357 e. The van der Waals surface area contributed by atoms with E-state index in [9.17, 15) is 4.79 Å². The summed E-state index contributed by atoms with van der Waals surface area (Å²) in [4.78, 5) is 19.4. The van der Waals surface area contributed by atoms with Gasteiger partial charge in [0, 0.05) is 5.02 Å². The number of methoxy groups -OCH3 is 1. The maximum absolute atomic E-state index is 11.6. The van der Waals surface area contributed by atoms with Crippen LogP contribution in [0.4, 0.5) is 5.82 Å². The second kappa shape index (κ2) is 5.01. The number of hydrogen-bond acceptors (Lipinski definition) is 5. The molecule has 0 saturated carbocycles. The first kappa shape index (κ1) is 12.3. The molecule has 1 heterocycles. The minimum absolute atomic E-state index is 0.132. The minimum Gasteiger partial charge on any atom is -0.464 e. The van der Waals surface area contributed by atoms with E-state index in [2.05, 4.69) is 14.7 Å². The summed E-state index contributed by atoms with van der Waals surface area (Å²) in [5.74, 6) is -0.346. The molecule has 0 atom stereocenters. The van der Waals surface area contributed by atoms with Gasteiger partial charge in [-0.3, -0.25) is 0 Å². The maximum atomic E-state index is 11.6. The lowest BCUT2D eigenvalue weighted by Gasteiger charge is -2.09. The summed E-state index contributed by atoms with van der Waals surface area (Å²) in [5, 5.41) is 0.591. The van der Waals surface area contributed by atoms with Gasteiger partial charge in [-0.2, -0.15) is 0 Å². The van der Waals surface area contributed by atoms with Gasteiger partial charge in [0.15, 0.2) is 5.69 Å². The molecule has 0 bridgehead atoms. The number of hydrogen-bond donors (Lipinski definition) is 1. The number of anilines is 1. The van der Waals surface area contributed by atoms with E-state index >= 15 is 0 Å². The molecule has 5 nitrogen and oxygen atoms in total. The number of carbonyl (C=O) groups is 1. The van der Waals surface area contributed by atoms with Crippen molar-refractivity contribution in [3.63, 3.8) is 0 Å². The fourth-order valence-corrected chi connectivity index (χ4v) is 1.68. The lowest BCUT2D eigenvalue weighted by molar-refractivity contribution is 0.0595. The number of ether oxygens (including phenoxy) is 1. The van der Waals surface area contributed by atoms with Gasteiger partial charge in [0.05, 0.1) is 12.7 Å². The quantitative estimate of drug-likeness (QED) is 0.840. The highest BCUT2D eigenvalue weighted by atomic mass is 35.5. The summed E-state index contributed by atoms with van der Waals surface area (Å²) in [7, 11) is 1.28.